The molecule has 146 valence electrons. The van der Waals surface area contributed by atoms with Crippen LogP contribution in [0.15, 0.2) is 121 Å². The maximum atomic E-state index is 14.0. The summed E-state index contributed by atoms with van der Waals surface area (Å²) in [4.78, 5) is 27.1. The van der Waals surface area contributed by atoms with E-state index in [9.17, 15) is 9.59 Å². The number of esters is 1. The Balaban J connectivity index is 1.94. The Bertz CT molecular complexity index is 1080. The van der Waals surface area contributed by atoms with E-state index in [0.717, 1.165) is 0 Å². The molecule has 4 aromatic rings. The lowest BCUT2D eigenvalue weighted by Gasteiger charge is -2.33. The summed E-state index contributed by atoms with van der Waals surface area (Å²) in [6.45, 7) is 0. The Labute approximate surface area is 175 Å². The minimum Gasteiger partial charge on any atom is -0.437 e. The smallest absolute Gasteiger partial charge is 0.339 e. The molecule has 3 heteroatoms. The topological polar surface area (TPSA) is 43.4 Å². The van der Waals surface area contributed by atoms with E-state index in [-0.39, 0.29) is 5.78 Å². The zero-order valence-electron chi connectivity index (χ0n) is 16.3. The molecule has 0 N–H and O–H groups in total. The van der Waals surface area contributed by atoms with Crippen molar-refractivity contribution in [3.63, 3.8) is 0 Å². The number of carbonyl (C=O) groups is 2. The van der Waals surface area contributed by atoms with Crippen molar-refractivity contribution in [1.29, 1.82) is 0 Å². The van der Waals surface area contributed by atoms with Gasteiger partial charge in [-0.15, -0.1) is 0 Å². The van der Waals surface area contributed by atoms with Crippen LogP contribution in [0.25, 0.3) is 0 Å². The number of Topliss-reactive ketones (excluding diaryl/α,β-unsaturated/α-hetero) is 1. The van der Waals surface area contributed by atoms with Gasteiger partial charge in [0.2, 0.25) is 11.4 Å². The summed E-state index contributed by atoms with van der Waals surface area (Å²) in [5.41, 5.74) is 0.418. The fourth-order valence-electron chi connectivity index (χ4n) is 3.50. The molecule has 0 atom stereocenters. The molecule has 0 heterocycles. The van der Waals surface area contributed by atoms with Gasteiger partial charge in [0.05, 0.1) is 5.56 Å². The van der Waals surface area contributed by atoms with Gasteiger partial charge in [-0.05, 0) is 12.1 Å². The van der Waals surface area contributed by atoms with Crippen LogP contribution in [-0.2, 0) is 10.3 Å². The predicted octanol–water partition coefficient (Wildman–Crippen LogP) is 5.67. The van der Waals surface area contributed by atoms with Crippen LogP contribution in [0.5, 0.6) is 0 Å². The Morgan fingerprint density at radius 2 is 0.867 bits per heavy atom. The van der Waals surface area contributed by atoms with Gasteiger partial charge in [-0.1, -0.05) is 109 Å². The largest absolute Gasteiger partial charge is 0.437 e. The molecule has 0 spiro atoms. The molecule has 30 heavy (non-hydrogen) atoms. The molecule has 0 aliphatic heterocycles. The lowest BCUT2D eigenvalue weighted by Crippen LogP contribution is -2.42. The highest BCUT2D eigenvalue weighted by Crippen LogP contribution is 2.38. The second-order valence-corrected chi connectivity index (χ2v) is 6.86. The van der Waals surface area contributed by atoms with Gasteiger partial charge in [-0.25, -0.2) is 4.79 Å². The Hall–Kier alpha value is -3.98. The highest BCUT2D eigenvalue weighted by atomic mass is 16.6. The van der Waals surface area contributed by atoms with Crippen molar-refractivity contribution in [1.82, 2.24) is 0 Å². The molecular formula is C27H20O3. The van der Waals surface area contributed by atoms with Crippen molar-refractivity contribution in [2.75, 3.05) is 0 Å². The van der Waals surface area contributed by atoms with Crippen LogP contribution < -0.4 is 0 Å². The summed E-state index contributed by atoms with van der Waals surface area (Å²) in [7, 11) is 0. The van der Waals surface area contributed by atoms with Crippen LogP contribution in [0.3, 0.4) is 0 Å². The van der Waals surface area contributed by atoms with Gasteiger partial charge in [0, 0.05) is 16.7 Å². The van der Waals surface area contributed by atoms with Crippen LogP contribution in [0.4, 0.5) is 0 Å². The summed E-state index contributed by atoms with van der Waals surface area (Å²) in [5.74, 6) is -0.864. The predicted molar refractivity (Wildman–Crippen MR) is 116 cm³/mol. The van der Waals surface area contributed by atoms with E-state index in [2.05, 4.69) is 0 Å². The van der Waals surface area contributed by atoms with Crippen molar-refractivity contribution >= 4 is 11.8 Å². The number of carbonyl (C=O) groups excluding carboxylic acids is 2. The van der Waals surface area contributed by atoms with E-state index in [4.69, 9.17) is 4.74 Å². The summed E-state index contributed by atoms with van der Waals surface area (Å²) in [6.07, 6.45) is 0. The summed E-state index contributed by atoms with van der Waals surface area (Å²) < 4.78 is 6.12. The highest BCUT2D eigenvalue weighted by molar-refractivity contribution is 6.07. The first-order valence-corrected chi connectivity index (χ1v) is 9.71. The molecule has 4 aromatic carbocycles. The molecule has 0 saturated carbocycles. The average Bonchev–Trinajstić information content (AvgIpc) is 2.84. The van der Waals surface area contributed by atoms with Crippen LogP contribution in [0.1, 0.15) is 31.8 Å². The minimum absolute atomic E-state index is 0.301. The van der Waals surface area contributed by atoms with E-state index in [1.165, 1.54) is 0 Å². The Morgan fingerprint density at radius 3 is 1.30 bits per heavy atom. The molecule has 0 aliphatic rings. The second-order valence-electron chi connectivity index (χ2n) is 6.86. The number of hydrogen-bond acceptors (Lipinski definition) is 3. The normalized spacial score (nSPS) is 10.9. The zero-order chi connectivity index (χ0) is 20.8. The van der Waals surface area contributed by atoms with Gasteiger partial charge < -0.3 is 4.74 Å². The van der Waals surface area contributed by atoms with Crippen molar-refractivity contribution in [3.8, 4) is 0 Å². The second kappa shape index (κ2) is 8.58. The summed E-state index contributed by atoms with van der Waals surface area (Å²) in [5, 5.41) is 0. The number of hydrogen-bond donors (Lipinski definition) is 0. The number of benzene rings is 4. The fraction of sp³-hybridized carbons (Fsp3) is 0.0370. The minimum atomic E-state index is -1.61. The maximum absolute atomic E-state index is 14.0. The van der Waals surface area contributed by atoms with Gasteiger partial charge in [-0.3, -0.25) is 4.79 Å². The van der Waals surface area contributed by atoms with Crippen LogP contribution in [0, 0.1) is 0 Å². The number of ether oxygens (including phenoxy) is 1. The van der Waals surface area contributed by atoms with Crippen molar-refractivity contribution in [3.05, 3.63) is 144 Å². The SMILES string of the molecule is O=C(OC(C(=O)c1ccccc1)(c1ccccc1)c1ccccc1)c1ccccc1. The third-order valence-electron chi connectivity index (χ3n) is 4.97. The fourth-order valence-corrected chi connectivity index (χ4v) is 3.50. The van der Waals surface area contributed by atoms with Gasteiger partial charge in [-0.2, -0.15) is 0 Å². The molecule has 0 radical (unpaired) electrons. The molecule has 0 aromatic heterocycles. The molecular weight excluding hydrogens is 372 g/mol. The third kappa shape index (κ3) is 3.65. The zero-order valence-corrected chi connectivity index (χ0v) is 16.3. The van der Waals surface area contributed by atoms with Gasteiger partial charge in [0.25, 0.3) is 0 Å². The first kappa shape index (κ1) is 19.3. The van der Waals surface area contributed by atoms with Gasteiger partial charge in [0.1, 0.15) is 0 Å². The highest BCUT2D eigenvalue weighted by Gasteiger charge is 2.46. The van der Waals surface area contributed by atoms with Gasteiger partial charge >= 0.3 is 5.97 Å². The van der Waals surface area contributed by atoms with Crippen LogP contribution in [-0.4, -0.2) is 11.8 Å². The lowest BCUT2D eigenvalue weighted by molar-refractivity contribution is 0.00317. The first-order valence-electron chi connectivity index (χ1n) is 9.71. The van der Waals surface area contributed by atoms with Crippen LogP contribution >= 0.6 is 0 Å². The summed E-state index contributed by atoms with van der Waals surface area (Å²) >= 11 is 0. The molecule has 4 rings (SSSR count). The Kier molecular flexibility index (Phi) is 5.53. The van der Waals surface area contributed by atoms with Crippen molar-refractivity contribution in [2.24, 2.45) is 0 Å². The number of ketones is 1. The molecule has 0 unspecified atom stereocenters. The van der Waals surface area contributed by atoms with Crippen molar-refractivity contribution in [2.45, 2.75) is 5.60 Å². The maximum Gasteiger partial charge on any atom is 0.339 e. The average molecular weight is 392 g/mol. The summed E-state index contributed by atoms with van der Waals surface area (Å²) in [6, 6.07) is 35.9. The van der Waals surface area contributed by atoms with Crippen LogP contribution in [0.2, 0.25) is 0 Å². The van der Waals surface area contributed by atoms with E-state index < -0.39 is 11.6 Å². The molecule has 0 aliphatic carbocycles. The Morgan fingerprint density at radius 1 is 0.500 bits per heavy atom. The molecule has 3 nitrogen and oxygen atoms in total. The number of rotatable bonds is 6. The molecule has 0 bridgehead atoms. The molecule has 0 amide bonds. The van der Waals surface area contributed by atoms with Gasteiger partial charge in [0.15, 0.2) is 0 Å². The van der Waals surface area contributed by atoms with E-state index in [1.807, 2.05) is 72.8 Å². The third-order valence-corrected chi connectivity index (χ3v) is 4.97. The quantitative estimate of drug-likeness (QED) is 0.314. The first-order chi connectivity index (χ1) is 14.7. The van der Waals surface area contributed by atoms with E-state index in [1.54, 1.807) is 48.5 Å². The monoisotopic (exact) mass is 392 g/mol. The van der Waals surface area contributed by atoms with E-state index in [0.29, 0.717) is 22.3 Å². The molecule has 0 saturated heterocycles. The standard InChI is InChI=1S/C27H20O3/c28-25(21-13-5-1-6-14-21)27(23-17-9-3-10-18-23,24-19-11-4-12-20-24)30-26(29)22-15-7-2-8-16-22/h1-20H. The van der Waals surface area contributed by atoms with E-state index >= 15 is 0 Å². The lowest BCUT2D eigenvalue weighted by atomic mass is 9.79. The van der Waals surface area contributed by atoms with Crippen molar-refractivity contribution < 1.29 is 14.3 Å². The molecule has 0 fully saturated rings.